The Bertz CT molecular complexity index is 1330. The fourth-order valence-corrected chi connectivity index (χ4v) is 5.56. The molecule has 1 saturated carbocycles. The lowest BCUT2D eigenvalue weighted by Crippen LogP contribution is -2.33. The number of rotatable bonds is 7. The number of nitrogens with zero attached hydrogens (tertiary/aromatic N) is 4. The molecule has 9 nitrogen and oxygen atoms in total. The van der Waals surface area contributed by atoms with E-state index in [4.69, 9.17) is 4.74 Å². The zero-order valence-corrected chi connectivity index (χ0v) is 21.8. The first-order valence-electron chi connectivity index (χ1n) is 13.5. The number of amides is 2. The molecule has 2 aromatic heterocycles. The van der Waals surface area contributed by atoms with Gasteiger partial charge in [0.05, 0.1) is 17.2 Å². The molecule has 0 unspecified atom stereocenters. The van der Waals surface area contributed by atoms with E-state index in [1.54, 1.807) is 13.2 Å². The van der Waals surface area contributed by atoms with E-state index in [1.165, 1.54) is 43.5 Å². The molecule has 1 aliphatic heterocycles. The molecule has 2 N–H and O–H groups in total. The summed E-state index contributed by atoms with van der Waals surface area (Å²) in [5.74, 6) is -0.293. The van der Waals surface area contributed by atoms with Gasteiger partial charge < -0.3 is 19.6 Å². The van der Waals surface area contributed by atoms with Crippen LogP contribution in [0.25, 0.3) is 11.0 Å². The molecule has 2 amide bonds. The third-order valence-electron chi connectivity index (χ3n) is 7.68. The number of halogens is 1. The Balaban J connectivity index is 1.43. The number of ether oxygens (including phenoxy) is 1. The molecule has 38 heavy (non-hydrogen) atoms. The Morgan fingerprint density at radius 2 is 1.87 bits per heavy atom. The zero-order valence-electron chi connectivity index (χ0n) is 21.8. The molecule has 1 saturated heterocycles. The largest absolute Gasteiger partial charge is 0.476 e. The second-order valence-corrected chi connectivity index (χ2v) is 10.2. The summed E-state index contributed by atoms with van der Waals surface area (Å²) in [5, 5.41) is 2.75. The van der Waals surface area contributed by atoms with Gasteiger partial charge in [-0.05, 0) is 75.9 Å². The van der Waals surface area contributed by atoms with E-state index in [0.717, 1.165) is 56.4 Å². The summed E-state index contributed by atoms with van der Waals surface area (Å²) in [7, 11) is 1.67. The van der Waals surface area contributed by atoms with Crippen LogP contribution in [0.5, 0.6) is 5.88 Å². The molecule has 202 valence electrons. The molecule has 2 fully saturated rings. The van der Waals surface area contributed by atoms with Crippen LogP contribution in [0.4, 0.5) is 4.39 Å². The number of H-pyrrole nitrogens is 1. The van der Waals surface area contributed by atoms with Crippen molar-refractivity contribution in [3.8, 4) is 5.88 Å². The van der Waals surface area contributed by atoms with Crippen molar-refractivity contribution in [2.24, 2.45) is 10.9 Å². The highest BCUT2D eigenvalue weighted by molar-refractivity contribution is 5.94. The first-order chi connectivity index (χ1) is 18.5. The van der Waals surface area contributed by atoms with Gasteiger partial charge in [0.2, 0.25) is 17.4 Å². The minimum atomic E-state index is -0.463. The van der Waals surface area contributed by atoms with Crippen LogP contribution >= 0.6 is 0 Å². The van der Waals surface area contributed by atoms with E-state index in [2.05, 4.69) is 25.2 Å². The van der Waals surface area contributed by atoms with Gasteiger partial charge in [0.15, 0.2) is 0 Å². The molecule has 3 aromatic rings. The number of carbonyl (C=O) groups is 2. The smallest absolute Gasteiger partial charge is 0.280 e. The van der Waals surface area contributed by atoms with Gasteiger partial charge in [-0.15, -0.1) is 0 Å². The summed E-state index contributed by atoms with van der Waals surface area (Å²) < 4.78 is 21.4. The standard InChI is InChI=1S/C28H35FN6O3/c1-30-26(36)19-7-11-22(12-8-19)35-24-17-25(38-16-15-34-13-3-2-4-14-34)31-18-23(24)32-28(35)33-27(37)20-5-9-21(29)10-6-20/h5-6,9-10,17-19,22H,2-4,7-8,11-16H2,1H3,(H,30,36)(H,32,33,37)/t19-,22-. The van der Waals surface area contributed by atoms with E-state index in [1.807, 2.05) is 10.6 Å². The number of piperidine rings is 1. The molecule has 0 bridgehead atoms. The first kappa shape index (κ1) is 26.1. The molecular formula is C28H35FN6O3. The average molecular weight is 523 g/mol. The summed E-state index contributed by atoms with van der Waals surface area (Å²) in [6.45, 7) is 3.64. The van der Waals surface area contributed by atoms with Gasteiger partial charge in [-0.2, -0.15) is 4.99 Å². The maximum atomic E-state index is 13.4. The third-order valence-corrected chi connectivity index (χ3v) is 7.68. The molecule has 1 aromatic carbocycles. The Morgan fingerprint density at radius 1 is 1.13 bits per heavy atom. The van der Waals surface area contributed by atoms with Crippen molar-refractivity contribution in [3.63, 3.8) is 0 Å². The van der Waals surface area contributed by atoms with Crippen LogP contribution in [0.2, 0.25) is 0 Å². The molecule has 1 aliphatic carbocycles. The van der Waals surface area contributed by atoms with Crippen LogP contribution in [0.1, 0.15) is 61.3 Å². The number of nitrogens with one attached hydrogen (secondary N) is 2. The fraction of sp³-hybridized carbons (Fsp3) is 0.500. The molecule has 10 heteroatoms. The van der Waals surface area contributed by atoms with Gasteiger partial charge in [-0.3, -0.25) is 14.5 Å². The van der Waals surface area contributed by atoms with Gasteiger partial charge in [0, 0.05) is 37.2 Å². The van der Waals surface area contributed by atoms with E-state index in [9.17, 15) is 14.0 Å². The van der Waals surface area contributed by atoms with Crippen molar-refractivity contribution in [1.82, 2.24) is 24.8 Å². The SMILES string of the molecule is CNC(=O)[C@H]1CC[C@H](n2/c(=N/C(=O)c3ccc(F)cc3)[nH]c3cnc(OCCN4CCCCC4)cc32)CC1. The average Bonchev–Trinajstić information content (AvgIpc) is 3.30. The monoisotopic (exact) mass is 522 g/mol. The maximum absolute atomic E-state index is 13.4. The molecular weight excluding hydrogens is 487 g/mol. The lowest BCUT2D eigenvalue weighted by atomic mass is 9.85. The van der Waals surface area contributed by atoms with E-state index in [-0.39, 0.29) is 17.9 Å². The number of carbonyl (C=O) groups excluding carboxylic acids is 2. The van der Waals surface area contributed by atoms with Gasteiger partial charge >= 0.3 is 0 Å². The highest BCUT2D eigenvalue weighted by Gasteiger charge is 2.28. The second kappa shape index (κ2) is 11.9. The van der Waals surface area contributed by atoms with Gasteiger partial charge in [-0.25, -0.2) is 9.37 Å². The van der Waals surface area contributed by atoms with Gasteiger partial charge in [0.1, 0.15) is 12.4 Å². The predicted molar refractivity (Wildman–Crippen MR) is 141 cm³/mol. The van der Waals surface area contributed by atoms with Crippen molar-refractivity contribution in [2.45, 2.75) is 51.0 Å². The highest BCUT2D eigenvalue weighted by Crippen LogP contribution is 2.33. The number of likely N-dealkylation sites (tertiary alicyclic amines) is 1. The third kappa shape index (κ3) is 5.96. The minimum absolute atomic E-state index is 0.0151. The van der Waals surface area contributed by atoms with Gasteiger partial charge in [0.25, 0.3) is 5.91 Å². The number of fused-ring (bicyclic) bond motifs is 1. The predicted octanol–water partition coefficient (Wildman–Crippen LogP) is 3.59. The van der Waals surface area contributed by atoms with Crippen LogP contribution in [-0.2, 0) is 4.79 Å². The molecule has 5 rings (SSSR count). The molecule has 0 atom stereocenters. The first-order valence-corrected chi connectivity index (χ1v) is 13.5. The lowest BCUT2D eigenvalue weighted by Gasteiger charge is -2.28. The van der Waals surface area contributed by atoms with Crippen LogP contribution in [0.3, 0.4) is 0 Å². The highest BCUT2D eigenvalue weighted by atomic mass is 19.1. The summed E-state index contributed by atoms with van der Waals surface area (Å²) in [5.41, 5.74) is 2.30. The number of hydrogen-bond donors (Lipinski definition) is 2. The van der Waals surface area contributed by atoms with E-state index >= 15 is 0 Å². The molecule has 0 radical (unpaired) electrons. The number of benzene rings is 1. The molecule has 0 spiro atoms. The number of aromatic amines is 1. The van der Waals surface area contributed by atoms with Crippen molar-refractivity contribution in [1.29, 1.82) is 0 Å². The summed E-state index contributed by atoms with van der Waals surface area (Å²) >= 11 is 0. The van der Waals surface area contributed by atoms with Crippen molar-refractivity contribution >= 4 is 22.8 Å². The Kier molecular flexibility index (Phi) is 8.17. The topological polar surface area (TPSA) is 105 Å². The molecule has 2 aliphatic rings. The number of aromatic nitrogens is 3. The van der Waals surface area contributed by atoms with Crippen molar-refractivity contribution in [3.05, 3.63) is 53.5 Å². The minimum Gasteiger partial charge on any atom is -0.476 e. The fourth-order valence-electron chi connectivity index (χ4n) is 5.56. The van der Waals surface area contributed by atoms with Gasteiger partial charge in [-0.1, -0.05) is 6.42 Å². The van der Waals surface area contributed by atoms with E-state index in [0.29, 0.717) is 23.7 Å². The van der Waals surface area contributed by atoms with Crippen LogP contribution in [0, 0.1) is 11.7 Å². The summed E-state index contributed by atoms with van der Waals surface area (Å²) in [4.78, 5) is 39.7. The Labute approximate surface area is 221 Å². The number of imidazole rings is 1. The Morgan fingerprint density at radius 3 is 2.58 bits per heavy atom. The van der Waals surface area contributed by atoms with E-state index < -0.39 is 11.7 Å². The normalized spacial score (nSPS) is 20.9. The summed E-state index contributed by atoms with van der Waals surface area (Å²) in [6.07, 6.45) is 8.52. The van der Waals surface area contributed by atoms with Crippen LogP contribution in [0.15, 0.2) is 41.5 Å². The van der Waals surface area contributed by atoms with Crippen LogP contribution in [-0.4, -0.2) is 64.5 Å². The van der Waals surface area contributed by atoms with Crippen molar-refractivity contribution < 1.29 is 18.7 Å². The lowest BCUT2D eigenvalue weighted by molar-refractivity contribution is -0.125. The maximum Gasteiger partial charge on any atom is 0.280 e. The van der Waals surface area contributed by atoms with Crippen LogP contribution < -0.4 is 15.7 Å². The second-order valence-electron chi connectivity index (χ2n) is 10.2. The zero-order chi connectivity index (χ0) is 26.5. The quantitative estimate of drug-likeness (QED) is 0.494. The number of hydrogen-bond acceptors (Lipinski definition) is 5. The summed E-state index contributed by atoms with van der Waals surface area (Å²) in [6, 6.07) is 7.30. The van der Waals surface area contributed by atoms with Crippen molar-refractivity contribution in [2.75, 3.05) is 33.3 Å². The molecule has 3 heterocycles. The number of pyridine rings is 1. The Hall–Kier alpha value is -3.53.